The first-order chi connectivity index (χ1) is 9.13. The van der Waals surface area contributed by atoms with Crippen LogP contribution in [-0.4, -0.2) is 16.5 Å². The Bertz CT molecular complexity index is 583. The highest BCUT2D eigenvalue weighted by Crippen LogP contribution is 2.27. The quantitative estimate of drug-likeness (QED) is 0.871. The molecule has 0 amide bonds. The summed E-state index contributed by atoms with van der Waals surface area (Å²) >= 11 is 5.05. The van der Waals surface area contributed by atoms with E-state index in [1.165, 1.54) is 12.1 Å². The molecule has 0 aliphatic rings. The maximum atomic E-state index is 13.0. The van der Waals surface area contributed by atoms with Gasteiger partial charge in [0.1, 0.15) is 10.8 Å². The average Bonchev–Trinajstić information content (AvgIpc) is 2.42. The Balaban J connectivity index is 2.48. The molecule has 0 aliphatic heterocycles. The van der Waals surface area contributed by atoms with Crippen molar-refractivity contribution in [2.24, 2.45) is 5.73 Å². The molecular weight excluding hydrogens is 261 g/mol. The van der Waals surface area contributed by atoms with Gasteiger partial charge >= 0.3 is 0 Å². The van der Waals surface area contributed by atoms with E-state index in [1.54, 1.807) is 30.6 Å². The van der Waals surface area contributed by atoms with E-state index in [1.807, 2.05) is 11.8 Å². The number of halogens is 1. The van der Waals surface area contributed by atoms with E-state index in [-0.39, 0.29) is 5.82 Å². The van der Waals surface area contributed by atoms with Crippen molar-refractivity contribution in [3.05, 3.63) is 54.1 Å². The van der Waals surface area contributed by atoms with Gasteiger partial charge < -0.3 is 10.6 Å². The minimum absolute atomic E-state index is 0.263. The molecule has 19 heavy (non-hydrogen) atoms. The van der Waals surface area contributed by atoms with Crippen LogP contribution in [0.4, 0.5) is 15.8 Å². The topological polar surface area (TPSA) is 42.2 Å². The molecule has 0 saturated carbocycles. The van der Waals surface area contributed by atoms with Gasteiger partial charge in [-0.05, 0) is 37.3 Å². The third-order valence-corrected chi connectivity index (χ3v) is 3.03. The van der Waals surface area contributed by atoms with E-state index in [0.29, 0.717) is 11.5 Å². The first kappa shape index (κ1) is 13.4. The zero-order valence-electron chi connectivity index (χ0n) is 10.5. The summed E-state index contributed by atoms with van der Waals surface area (Å²) < 4.78 is 13.0. The summed E-state index contributed by atoms with van der Waals surface area (Å²) in [5.74, 6) is -0.263. The third-order valence-electron chi connectivity index (χ3n) is 2.81. The fourth-order valence-corrected chi connectivity index (χ4v) is 2.10. The zero-order chi connectivity index (χ0) is 13.8. The Morgan fingerprint density at radius 2 is 2.00 bits per heavy atom. The number of rotatable bonds is 4. The summed E-state index contributed by atoms with van der Waals surface area (Å²) in [6.45, 7) is 2.70. The minimum atomic E-state index is -0.263. The van der Waals surface area contributed by atoms with Gasteiger partial charge in [0.05, 0.1) is 11.9 Å². The molecule has 2 aromatic rings. The fourth-order valence-electron chi connectivity index (χ4n) is 1.92. The molecule has 2 rings (SSSR count). The average molecular weight is 275 g/mol. The maximum absolute atomic E-state index is 13.0. The number of nitrogens with two attached hydrogens (primary N) is 1. The Labute approximate surface area is 116 Å². The van der Waals surface area contributed by atoms with Crippen molar-refractivity contribution in [2.75, 3.05) is 11.4 Å². The molecule has 2 N–H and O–H groups in total. The molecule has 0 bridgehead atoms. The van der Waals surface area contributed by atoms with E-state index in [0.717, 1.165) is 16.9 Å². The molecular formula is C14H14FN3S. The maximum Gasteiger partial charge on any atom is 0.123 e. The summed E-state index contributed by atoms with van der Waals surface area (Å²) in [4.78, 5) is 6.41. The highest BCUT2D eigenvalue weighted by molar-refractivity contribution is 7.80. The number of thiocarbonyl (C=S) groups is 1. The Morgan fingerprint density at radius 1 is 1.32 bits per heavy atom. The predicted molar refractivity (Wildman–Crippen MR) is 79.2 cm³/mol. The van der Waals surface area contributed by atoms with Crippen molar-refractivity contribution in [1.29, 1.82) is 0 Å². The smallest absolute Gasteiger partial charge is 0.123 e. The fraction of sp³-hybridized carbons (Fsp3) is 0.143. The molecule has 0 atom stereocenters. The van der Waals surface area contributed by atoms with Gasteiger partial charge in [-0.1, -0.05) is 12.2 Å². The van der Waals surface area contributed by atoms with Crippen LogP contribution >= 0.6 is 12.2 Å². The SMILES string of the molecule is CCN(c1ccc(F)cc1)c1cnccc1C(N)=S. The first-order valence-corrected chi connectivity index (χ1v) is 6.31. The summed E-state index contributed by atoms with van der Waals surface area (Å²) in [6, 6.07) is 8.07. The van der Waals surface area contributed by atoms with Crippen molar-refractivity contribution in [2.45, 2.75) is 6.92 Å². The molecule has 0 spiro atoms. The molecule has 1 heterocycles. The first-order valence-electron chi connectivity index (χ1n) is 5.90. The van der Waals surface area contributed by atoms with Crippen LogP contribution in [0.2, 0.25) is 0 Å². The van der Waals surface area contributed by atoms with Crippen LogP contribution in [0.25, 0.3) is 0 Å². The van der Waals surface area contributed by atoms with Crippen molar-refractivity contribution in [3.8, 4) is 0 Å². The second-order valence-corrected chi connectivity index (χ2v) is 4.42. The van der Waals surface area contributed by atoms with Crippen molar-refractivity contribution < 1.29 is 4.39 Å². The molecule has 1 aromatic heterocycles. The number of hydrogen-bond donors (Lipinski definition) is 1. The van der Waals surface area contributed by atoms with Gasteiger partial charge in [-0.3, -0.25) is 4.98 Å². The largest absolute Gasteiger partial charge is 0.389 e. The van der Waals surface area contributed by atoms with Crippen LogP contribution in [-0.2, 0) is 0 Å². The van der Waals surface area contributed by atoms with Gasteiger partial charge in [0.2, 0.25) is 0 Å². The highest BCUT2D eigenvalue weighted by Gasteiger charge is 2.13. The summed E-state index contributed by atoms with van der Waals surface area (Å²) in [5.41, 5.74) is 8.18. The number of benzene rings is 1. The lowest BCUT2D eigenvalue weighted by Gasteiger charge is -2.25. The van der Waals surface area contributed by atoms with E-state index in [4.69, 9.17) is 18.0 Å². The molecule has 0 radical (unpaired) electrons. The summed E-state index contributed by atoms with van der Waals surface area (Å²) in [5, 5.41) is 0. The van der Waals surface area contributed by atoms with Crippen LogP contribution in [0, 0.1) is 5.82 Å². The number of aromatic nitrogens is 1. The van der Waals surface area contributed by atoms with Gasteiger partial charge in [-0.15, -0.1) is 0 Å². The van der Waals surface area contributed by atoms with Gasteiger partial charge in [-0.25, -0.2) is 4.39 Å². The van der Waals surface area contributed by atoms with Crippen molar-refractivity contribution in [3.63, 3.8) is 0 Å². The second-order valence-electron chi connectivity index (χ2n) is 3.98. The molecule has 0 unspecified atom stereocenters. The molecule has 98 valence electrons. The zero-order valence-corrected chi connectivity index (χ0v) is 11.3. The van der Waals surface area contributed by atoms with E-state index in [9.17, 15) is 4.39 Å². The minimum Gasteiger partial charge on any atom is -0.389 e. The van der Waals surface area contributed by atoms with Crippen molar-refractivity contribution in [1.82, 2.24) is 4.98 Å². The van der Waals surface area contributed by atoms with Crippen LogP contribution in [0.5, 0.6) is 0 Å². The molecule has 0 fully saturated rings. The normalized spacial score (nSPS) is 10.2. The molecule has 1 aromatic carbocycles. The monoisotopic (exact) mass is 275 g/mol. The lowest BCUT2D eigenvalue weighted by atomic mass is 10.2. The Hall–Kier alpha value is -2.01. The number of hydrogen-bond acceptors (Lipinski definition) is 3. The van der Waals surface area contributed by atoms with Crippen molar-refractivity contribution >= 4 is 28.6 Å². The molecule has 0 saturated heterocycles. The predicted octanol–water partition coefficient (Wildman–Crippen LogP) is 3.01. The Morgan fingerprint density at radius 3 is 2.58 bits per heavy atom. The van der Waals surface area contributed by atoms with Gasteiger partial charge in [0.25, 0.3) is 0 Å². The van der Waals surface area contributed by atoms with Crippen LogP contribution < -0.4 is 10.6 Å². The lowest BCUT2D eigenvalue weighted by molar-refractivity contribution is 0.628. The Kier molecular flexibility index (Phi) is 4.06. The summed E-state index contributed by atoms with van der Waals surface area (Å²) in [6.07, 6.45) is 3.36. The molecule has 0 aliphatic carbocycles. The molecule has 5 heteroatoms. The van der Waals surface area contributed by atoms with E-state index in [2.05, 4.69) is 4.98 Å². The molecule has 3 nitrogen and oxygen atoms in total. The standard InChI is InChI=1S/C14H14FN3S/c1-2-18(11-5-3-10(15)4-6-11)13-9-17-8-7-12(13)14(16)19/h3-9H,2H2,1H3,(H2,16,19). The van der Waals surface area contributed by atoms with Crippen LogP contribution in [0.15, 0.2) is 42.7 Å². The van der Waals surface area contributed by atoms with Gasteiger partial charge in [-0.2, -0.15) is 0 Å². The highest BCUT2D eigenvalue weighted by atomic mass is 32.1. The number of pyridine rings is 1. The van der Waals surface area contributed by atoms with Gasteiger partial charge in [0.15, 0.2) is 0 Å². The van der Waals surface area contributed by atoms with E-state index >= 15 is 0 Å². The van der Waals surface area contributed by atoms with Crippen LogP contribution in [0.3, 0.4) is 0 Å². The number of nitrogens with zero attached hydrogens (tertiary/aromatic N) is 2. The van der Waals surface area contributed by atoms with Crippen LogP contribution in [0.1, 0.15) is 12.5 Å². The second kappa shape index (κ2) is 5.75. The summed E-state index contributed by atoms with van der Waals surface area (Å²) in [7, 11) is 0. The third kappa shape index (κ3) is 2.88. The number of anilines is 2. The van der Waals surface area contributed by atoms with E-state index < -0.39 is 0 Å². The lowest BCUT2D eigenvalue weighted by Crippen LogP contribution is -2.21. The van der Waals surface area contributed by atoms with Gasteiger partial charge in [0, 0.05) is 24.0 Å².